The molecule has 2 aromatic heterocycles. The molecule has 18 nitrogen and oxygen atoms in total. The Morgan fingerprint density at radius 3 is 1.79 bits per heavy atom. The molecule has 1 fully saturated rings. The highest BCUT2D eigenvalue weighted by Gasteiger charge is 2.57. The minimum absolute atomic E-state index is 0.0330. The Labute approximate surface area is 426 Å². The number of aryl methyl sites for hydroxylation is 1. The van der Waals surface area contributed by atoms with Crippen LogP contribution in [0, 0.1) is 160 Å². The van der Waals surface area contributed by atoms with Gasteiger partial charge in [-0.1, -0.05) is 23.2 Å². The van der Waals surface area contributed by atoms with Crippen LogP contribution in [0.25, 0.3) is 11.1 Å². The number of nitrogen functional groups attached to an aromatic ring is 2. The van der Waals surface area contributed by atoms with E-state index in [2.05, 4.69) is 168 Å². The number of anilines is 2. The number of carboxylic acid groups (broad SMARTS) is 1. The third-order valence-corrected chi connectivity index (χ3v) is 9.54. The van der Waals surface area contributed by atoms with Gasteiger partial charge in [0.15, 0.2) is 22.4 Å². The molecule has 8 N–H and O–H groups in total. The summed E-state index contributed by atoms with van der Waals surface area (Å²) in [5.41, 5.74) is 17.0. The number of nitrogens with zero attached hydrogens (tertiary/aromatic N) is 5. The number of rotatable bonds is 16. The SMILES string of the molecule is C#CC#CC#CC#CC#CC#CC#CC#CC#CC#CC#CC#CC#CC.CC1(C)C(CC(=O)/C(=N\O[C@@H](COc2ccc(-c3cn(CCCN)nc3N)cc2)C(=O)O)c2csc(N)n2)C(=O)N1OS(=O)(=O)O. The Bertz CT molecular complexity index is 3610. The molecule has 3 heterocycles. The third-order valence-electron chi connectivity index (χ3n) is 8.53. The van der Waals surface area contributed by atoms with E-state index in [-0.39, 0.29) is 10.8 Å². The molecule has 3 aromatic rings. The van der Waals surface area contributed by atoms with Crippen LogP contribution in [0.5, 0.6) is 5.75 Å². The fraction of sp³-hybridized carbons (Fsp3) is 0.208. The van der Waals surface area contributed by atoms with Crippen LogP contribution in [0.1, 0.15) is 39.3 Å². The van der Waals surface area contributed by atoms with Gasteiger partial charge in [-0.3, -0.25) is 18.8 Å². The summed E-state index contributed by atoms with van der Waals surface area (Å²) >= 11 is 0.978. The fourth-order valence-electron chi connectivity index (χ4n) is 5.23. The number of Topliss-reactive ketones (excluding diaryl/α,β-unsaturated/α-hetero) is 1. The maximum atomic E-state index is 13.3. The van der Waals surface area contributed by atoms with Crippen molar-refractivity contribution >= 4 is 56.1 Å². The Morgan fingerprint density at radius 2 is 1.37 bits per heavy atom. The first-order chi connectivity index (χ1) is 35.0. The van der Waals surface area contributed by atoms with Crippen LogP contribution in [0.4, 0.5) is 10.9 Å². The number of hydrogen-bond donors (Lipinski definition) is 5. The molecular weight excluding hydrogens is 973 g/mol. The second-order valence-corrected chi connectivity index (χ2v) is 15.7. The molecule has 1 amide bonds. The van der Waals surface area contributed by atoms with Crippen molar-refractivity contribution in [3.05, 3.63) is 41.5 Å². The van der Waals surface area contributed by atoms with Gasteiger partial charge in [0.1, 0.15) is 18.1 Å². The number of hydroxylamine groups is 2. The van der Waals surface area contributed by atoms with Crippen LogP contribution in [0.15, 0.2) is 41.0 Å². The first kappa shape index (κ1) is 57.0. The van der Waals surface area contributed by atoms with E-state index in [0.717, 1.165) is 23.3 Å². The minimum atomic E-state index is -4.99. The van der Waals surface area contributed by atoms with Crippen LogP contribution < -0.4 is 21.9 Å². The molecule has 4 rings (SSSR count). The molecule has 0 bridgehead atoms. The number of benzene rings is 1. The molecule has 73 heavy (non-hydrogen) atoms. The molecule has 360 valence electrons. The fourth-order valence-corrected chi connectivity index (χ4v) is 6.23. The van der Waals surface area contributed by atoms with Gasteiger partial charge in [0.2, 0.25) is 0 Å². The van der Waals surface area contributed by atoms with Crippen molar-refractivity contribution in [3.8, 4) is 171 Å². The molecule has 0 saturated carbocycles. The van der Waals surface area contributed by atoms with Gasteiger partial charge < -0.3 is 31.9 Å². The number of hydrogen-bond acceptors (Lipinski definition) is 15. The number of β-lactam (4-membered cyclic amide) rings is 1. The summed E-state index contributed by atoms with van der Waals surface area (Å²) in [7, 11) is -4.99. The van der Waals surface area contributed by atoms with E-state index >= 15 is 0 Å². The molecular formula is C53H36N8O10S2. The van der Waals surface area contributed by atoms with Crippen molar-refractivity contribution in [1.82, 2.24) is 19.8 Å². The molecule has 0 spiro atoms. The number of aliphatic carboxylic acids is 1. The lowest BCUT2D eigenvalue weighted by atomic mass is 9.74. The van der Waals surface area contributed by atoms with Crippen molar-refractivity contribution in [3.63, 3.8) is 0 Å². The maximum absolute atomic E-state index is 13.3. The molecule has 1 unspecified atom stereocenters. The van der Waals surface area contributed by atoms with Gasteiger partial charge in [-0.25, -0.2) is 9.78 Å². The number of carbonyl (C=O) groups is 3. The Kier molecular flexibility index (Phi) is 23.6. The molecule has 1 aliphatic heterocycles. The molecule has 0 radical (unpaired) electrons. The highest BCUT2D eigenvalue weighted by molar-refractivity contribution is 7.80. The first-order valence-electron chi connectivity index (χ1n) is 20.4. The summed E-state index contributed by atoms with van der Waals surface area (Å²) in [6.07, 6.45) is 5.28. The largest absolute Gasteiger partial charge is 0.489 e. The molecule has 1 aromatic carbocycles. The van der Waals surface area contributed by atoms with Crippen LogP contribution in [0.3, 0.4) is 0 Å². The zero-order valence-electron chi connectivity index (χ0n) is 38.7. The third kappa shape index (κ3) is 20.4. The average molecular weight is 1010 g/mol. The highest BCUT2D eigenvalue weighted by Crippen LogP contribution is 2.40. The number of carboxylic acids is 1. The van der Waals surface area contributed by atoms with Gasteiger partial charge in [0, 0.05) is 77.5 Å². The minimum Gasteiger partial charge on any atom is -0.489 e. The number of ketones is 1. The predicted molar refractivity (Wildman–Crippen MR) is 271 cm³/mol. The first-order valence-corrected chi connectivity index (χ1v) is 22.6. The quantitative estimate of drug-likeness (QED) is 0.0446. The van der Waals surface area contributed by atoms with Crippen LogP contribution in [-0.4, -0.2) is 86.1 Å². The van der Waals surface area contributed by atoms with E-state index in [0.29, 0.717) is 35.3 Å². The molecule has 0 aliphatic carbocycles. The van der Waals surface area contributed by atoms with Crippen molar-refractivity contribution in [1.29, 1.82) is 0 Å². The van der Waals surface area contributed by atoms with E-state index < -0.39 is 64.4 Å². The van der Waals surface area contributed by atoms with E-state index in [9.17, 15) is 27.9 Å². The standard InChI is InChI=1S/C27H4.C26H32N8O10S2/c1-3-5-7-9-11-13-15-17-19-21-23-25-27-26-24-22-20-18-16-14-12-10-8-6-4-2;1-26(2)17(23(36)34(26)44-46(39,40)41)10-19(35)21(18-13-45-25(29)30-18)32-43-20(24(37)38)12-42-15-6-4-14(5-7-15)16-11-33(9-3-8-27)31-22(16)28/h1H,2H3;4-7,11,13,17,20H,3,8-10,12,27H2,1-2H3,(H2,28,31)(H2,29,30)(H,37,38)(H,39,40,41)/b;32-21-/t;17?,20-/m.0/s1. The molecule has 1 saturated heterocycles. The Balaban J connectivity index is 0.000000446. The number of ether oxygens (including phenoxy) is 1. The van der Waals surface area contributed by atoms with Crippen molar-refractivity contribution in [2.75, 3.05) is 24.6 Å². The van der Waals surface area contributed by atoms with Crippen molar-refractivity contribution in [2.24, 2.45) is 16.8 Å². The molecule has 1 aliphatic rings. The van der Waals surface area contributed by atoms with E-state index in [1.54, 1.807) is 42.1 Å². The second-order valence-electron chi connectivity index (χ2n) is 13.8. The number of aromatic nitrogens is 3. The van der Waals surface area contributed by atoms with Gasteiger partial charge in [-0.05, 0) is 146 Å². The Hall–Kier alpha value is -10.3. The van der Waals surface area contributed by atoms with Gasteiger partial charge >= 0.3 is 16.4 Å². The summed E-state index contributed by atoms with van der Waals surface area (Å²) in [6.45, 7) is 5.16. The van der Waals surface area contributed by atoms with E-state index in [1.165, 1.54) is 19.2 Å². The summed E-state index contributed by atoms with van der Waals surface area (Å²) in [6, 6.07) is 6.65. The highest BCUT2D eigenvalue weighted by atomic mass is 32.3. The Morgan fingerprint density at radius 1 is 0.863 bits per heavy atom. The smallest absolute Gasteiger partial charge is 0.418 e. The number of terminal acetylenes is 1. The average Bonchev–Trinajstić information content (AvgIpc) is 3.96. The van der Waals surface area contributed by atoms with Crippen LogP contribution in [0.2, 0.25) is 0 Å². The van der Waals surface area contributed by atoms with Gasteiger partial charge in [0.05, 0.1) is 11.5 Å². The zero-order chi connectivity index (χ0) is 53.5. The molecule has 2 atom stereocenters. The maximum Gasteiger partial charge on any atom is 0.418 e. The monoisotopic (exact) mass is 1010 g/mol. The topological polar surface area (TPSA) is 278 Å². The van der Waals surface area contributed by atoms with Crippen molar-refractivity contribution in [2.45, 2.75) is 51.8 Å². The van der Waals surface area contributed by atoms with Crippen LogP contribution >= 0.6 is 11.3 Å². The summed E-state index contributed by atoms with van der Waals surface area (Å²) in [5.74, 6) is 58.3. The second kappa shape index (κ2) is 30.2. The number of carbonyl (C=O) groups excluding carboxylic acids is 2. The summed E-state index contributed by atoms with van der Waals surface area (Å²) < 4.78 is 42.8. The lowest BCUT2D eigenvalue weighted by molar-refractivity contribution is -0.228. The zero-order valence-corrected chi connectivity index (χ0v) is 40.3. The lowest BCUT2D eigenvalue weighted by Crippen LogP contribution is -2.68. The molecule has 20 heteroatoms. The number of amides is 1. The van der Waals surface area contributed by atoms with Crippen molar-refractivity contribution < 1.29 is 46.3 Å². The summed E-state index contributed by atoms with van der Waals surface area (Å²) in [5, 5.41) is 19.7. The van der Waals surface area contributed by atoms with E-state index in [1.807, 2.05) is 0 Å². The number of oxime groups is 1. The number of nitrogens with two attached hydrogens (primary N) is 3. The van der Waals surface area contributed by atoms with Crippen LogP contribution in [-0.2, 0) is 40.4 Å². The predicted octanol–water partition coefficient (Wildman–Crippen LogP) is 1.38. The van der Waals surface area contributed by atoms with Gasteiger partial charge in [0.25, 0.3) is 12.0 Å². The van der Waals surface area contributed by atoms with E-state index in [4.69, 9.17) is 37.8 Å². The van der Waals surface area contributed by atoms with Gasteiger partial charge in [-0.2, -0.15) is 18.6 Å². The lowest BCUT2D eigenvalue weighted by Gasteiger charge is -2.50. The number of thiazole rings is 1. The summed E-state index contributed by atoms with van der Waals surface area (Å²) in [4.78, 5) is 47.0. The normalized spacial score (nSPS) is 12.1. The van der Waals surface area contributed by atoms with Gasteiger partial charge in [-0.15, -0.1) is 22.0 Å².